The van der Waals surface area contributed by atoms with E-state index in [1.807, 2.05) is 6.07 Å². The van der Waals surface area contributed by atoms with Crippen molar-refractivity contribution < 1.29 is 19.4 Å². The molecule has 0 saturated carbocycles. The molecule has 3 aromatic rings. The Bertz CT molecular complexity index is 1110. The first-order valence-electron chi connectivity index (χ1n) is 8.80. The summed E-state index contributed by atoms with van der Waals surface area (Å²) in [5, 5.41) is 9.92. The number of carbonyl (C=O) groups is 1. The summed E-state index contributed by atoms with van der Waals surface area (Å²) >= 11 is 9.36. The first-order chi connectivity index (χ1) is 14.4. The summed E-state index contributed by atoms with van der Waals surface area (Å²) < 4.78 is 11.4. The van der Waals surface area contributed by atoms with Crippen LogP contribution >= 0.6 is 27.5 Å². The predicted octanol–water partition coefficient (Wildman–Crippen LogP) is 6.19. The highest BCUT2D eigenvalue weighted by atomic mass is 79.9. The molecule has 152 valence electrons. The fourth-order valence-electron chi connectivity index (χ4n) is 2.51. The molecule has 0 amide bonds. The van der Waals surface area contributed by atoms with Crippen LogP contribution in [0.4, 0.5) is 5.69 Å². The predicted molar refractivity (Wildman–Crippen MR) is 122 cm³/mol. The largest absolute Gasteiger partial charge is 0.508 e. The second kappa shape index (κ2) is 10.1. The van der Waals surface area contributed by atoms with Crippen molar-refractivity contribution in [3.8, 4) is 17.2 Å². The van der Waals surface area contributed by atoms with Gasteiger partial charge in [0.05, 0.1) is 17.3 Å². The van der Waals surface area contributed by atoms with Crippen LogP contribution in [-0.4, -0.2) is 24.4 Å². The number of hydrogen-bond acceptors (Lipinski definition) is 5. The van der Waals surface area contributed by atoms with Gasteiger partial charge in [-0.05, 0) is 81.7 Å². The Morgan fingerprint density at radius 2 is 1.87 bits per heavy atom. The van der Waals surface area contributed by atoms with E-state index in [1.165, 1.54) is 13.2 Å². The van der Waals surface area contributed by atoms with Crippen LogP contribution in [0.25, 0.3) is 6.08 Å². The van der Waals surface area contributed by atoms with Gasteiger partial charge in [-0.2, -0.15) is 0 Å². The van der Waals surface area contributed by atoms with E-state index < -0.39 is 5.97 Å². The smallest absolute Gasteiger partial charge is 0.336 e. The normalized spacial score (nSPS) is 11.2. The van der Waals surface area contributed by atoms with Gasteiger partial charge >= 0.3 is 5.97 Å². The summed E-state index contributed by atoms with van der Waals surface area (Å²) in [6.07, 6.45) is 4.58. The lowest BCUT2D eigenvalue weighted by molar-refractivity contribution is -0.129. The summed E-state index contributed by atoms with van der Waals surface area (Å²) in [7, 11) is 1.49. The summed E-state index contributed by atoms with van der Waals surface area (Å²) in [5.74, 6) is 0.259. The molecule has 0 spiro atoms. The third kappa shape index (κ3) is 5.95. The zero-order valence-electron chi connectivity index (χ0n) is 15.9. The molecule has 3 rings (SSSR count). The van der Waals surface area contributed by atoms with Gasteiger partial charge in [-0.1, -0.05) is 23.7 Å². The zero-order chi connectivity index (χ0) is 21.5. The molecule has 30 heavy (non-hydrogen) atoms. The molecule has 0 aliphatic rings. The Balaban J connectivity index is 1.76. The van der Waals surface area contributed by atoms with Crippen molar-refractivity contribution in [2.24, 2.45) is 4.99 Å². The third-order valence-corrected chi connectivity index (χ3v) is 4.75. The number of carbonyl (C=O) groups excluding carboxylic acids is 1. The summed E-state index contributed by atoms with van der Waals surface area (Å²) in [6.45, 7) is 0. The van der Waals surface area contributed by atoms with Crippen molar-refractivity contribution in [3.05, 3.63) is 87.4 Å². The summed E-state index contributed by atoms with van der Waals surface area (Å²) in [5.41, 5.74) is 2.21. The number of aliphatic imine (C=N–C) groups is 1. The van der Waals surface area contributed by atoms with E-state index >= 15 is 0 Å². The Morgan fingerprint density at radius 1 is 1.10 bits per heavy atom. The molecule has 0 heterocycles. The number of rotatable bonds is 6. The Labute approximate surface area is 187 Å². The van der Waals surface area contributed by atoms with Gasteiger partial charge in [0.1, 0.15) is 5.75 Å². The number of benzene rings is 3. The minimum Gasteiger partial charge on any atom is -0.508 e. The lowest BCUT2D eigenvalue weighted by Gasteiger charge is -2.11. The van der Waals surface area contributed by atoms with Crippen LogP contribution in [0.1, 0.15) is 11.1 Å². The molecule has 0 saturated heterocycles. The van der Waals surface area contributed by atoms with Gasteiger partial charge in [-0.3, -0.25) is 4.99 Å². The van der Waals surface area contributed by atoms with E-state index in [1.54, 1.807) is 66.9 Å². The van der Waals surface area contributed by atoms with Crippen molar-refractivity contribution in [1.29, 1.82) is 0 Å². The van der Waals surface area contributed by atoms with Crippen molar-refractivity contribution in [1.82, 2.24) is 0 Å². The molecule has 0 aromatic heterocycles. The number of halogens is 2. The molecule has 0 atom stereocenters. The molecule has 0 aliphatic heterocycles. The van der Waals surface area contributed by atoms with Gasteiger partial charge in [0.2, 0.25) is 0 Å². The molecule has 7 heteroatoms. The fraction of sp³-hybridized carbons (Fsp3) is 0.0435. The number of nitrogens with zero attached hydrogens (tertiary/aromatic N) is 1. The molecule has 0 radical (unpaired) electrons. The molecular formula is C23H17BrClNO4. The van der Waals surface area contributed by atoms with Crippen LogP contribution in [0.3, 0.4) is 0 Å². The van der Waals surface area contributed by atoms with E-state index in [-0.39, 0.29) is 11.5 Å². The number of ether oxygens (including phenoxy) is 2. The lowest BCUT2D eigenvalue weighted by atomic mass is 10.2. The average molecular weight is 487 g/mol. The number of esters is 1. The van der Waals surface area contributed by atoms with Crippen LogP contribution in [0.15, 0.2) is 76.2 Å². The number of aromatic hydroxyl groups is 1. The molecule has 5 nitrogen and oxygen atoms in total. The maximum Gasteiger partial charge on any atom is 0.336 e. The highest BCUT2D eigenvalue weighted by Crippen LogP contribution is 2.36. The molecule has 0 bridgehead atoms. The van der Waals surface area contributed by atoms with E-state index in [0.29, 0.717) is 20.9 Å². The van der Waals surface area contributed by atoms with Crippen molar-refractivity contribution in [2.75, 3.05) is 7.11 Å². The number of phenolic OH excluding ortho intramolecular Hbond substituents is 1. The van der Waals surface area contributed by atoms with Crippen LogP contribution in [0.5, 0.6) is 17.2 Å². The minimum absolute atomic E-state index is 0.175. The first-order valence-corrected chi connectivity index (χ1v) is 9.98. The fourth-order valence-corrected chi connectivity index (χ4v) is 3.25. The monoisotopic (exact) mass is 485 g/mol. The lowest BCUT2D eigenvalue weighted by Crippen LogP contribution is -2.06. The molecule has 1 N–H and O–H groups in total. The summed E-state index contributed by atoms with van der Waals surface area (Å²) in [6, 6.07) is 17.1. The van der Waals surface area contributed by atoms with Crippen LogP contribution in [0.2, 0.25) is 5.02 Å². The number of phenols is 1. The van der Waals surface area contributed by atoms with Gasteiger partial charge in [-0.15, -0.1) is 0 Å². The Hall–Kier alpha value is -3.09. The van der Waals surface area contributed by atoms with Gasteiger partial charge in [0.15, 0.2) is 11.5 Å². The van der Waals surface area contributed by atoms with Crippen LogP contribution < -0.4 is 9.47 Å². The van der Waals surface area contributed by atoms with Gasteiger partial charge in [0, 0.05) is 17.3 Å². The Kier molecular flexibility index (Phi) is 7.27. The maximum absolute atomic E-state index is 12.2. The molecule has 0 aliphatic carbocycles. The second-order valence-corrected chi connectivity index (χ2v) is 7.41. The van der Waals surface area contributed by atoms with E-state index in [4.69, 9.17) is 21.1 Å². The maximum atomic E-state index is 12.2. The third-order valence-electron chi connectivity index (χ3n) is 3.93. The van der Waals surface area contributed by atoms with Gasteiger partial charge < -0.3 is 14.6 Å². The highest BCUT2D eigenvalue weighted by molar-refractivity contribution is 9.10. The SMILES string of the molecule is COc1cc(/C=N/c2ccc(O)cc2)cc(Br)c1OC(=O)/C=C/c1cccc(Cl)c1. The topological polar surface area (TPSA) is 68.1 Å². The van der Waals surface area contributed by atoms with E-state index in [0.717, 1.165) is 11.1 Å². The van der Waals surface area contributed by atoms with E-state index in [2.05, 4.69) is 20.9 Å². The van der Waals surface area contributed by atoms with Gasteiger partial charge in [0.25, 0.3) is 0 Å². The van der Waals surface area contributed by atoms with Crippen LogP contribution in [0, 0.1) is 0 Å². The van der Waals surface area contributed by atoms with Gasteiger partial charge in [-0.25, -0.2) is 4.79 Å². The van der Waals surface area contributed by atoms with Crippen molar-refractivity contribution >= 4 is 51.5 Å². The first kappa shape index (κ1) is 21.6. The minimum atomic E-state index is -0.556. The molecule has 0 fully saturated rings. The average Bonchev–Trinajstić information content (AvgIpc) is 2.73. The van der Waals surface area contributed by atoms with Crippen molar-refractivity contribution in [3.63, 3.8) is 0 Å². The summed E-state index contributed by atoms with van der Waals surface area (Å²) in [4.78, 5) is 16.6. The zero-order valence-corrected chi connectivity index (χ0v) is 18.2. The standard InChI is InChI=1S/C23H17BrClNO4/c1-29-21-13-16(14-26-18-6-8-19(27)9-7-18)12-20(24)23(21)30-22(28)10-5-15-3-2-4-17(25)11-15/h2-14,27H,1H3/b10-5+,26-14+. The number of methoxy groups -OCH3 is 1. The molecular weight excluding hydrogens is 470 g/mol. The molecule has 0 unspecified atom stereocenters. The quantitative estimate of drug-likeness (QED) is 0.195. The number of hydrogen-bond donors (Lipinski definition) is 1. The van der Waals surface area contributed by atoms with E-state index in [9.17, 15) is 9.90 Å². The van der Waals surface area contributed by atoms with Crippen molar-refractivity contribution in [2.45, 2.75) is 0 Å². The Morgan fingerprint density at radius 3 is 2.57 bits per heavy atom. The second-order valence-electron chi connectivity index (χ2n) is 6.12. The van der Waals surface area contributed by atoms with Crippen LogP contribution in [-0.2, 0) is 4.79 Å². The molecule has 3 aromatic carbocycles. The highest BCUT2D eigenvalue weighted by Gasteiger charge is 2.14.